The van der Waals surface area contributed by atoms with Crippen molar-refractivity contribution in [2.75, 3.05) is 0 Å². The van der Waals surface area contributed by atoms with Gasteiger partial charge in [0.15, 0.2) is 5.44 Å². The fourth-order valence-corrected chi connectivity index (χ4v) is 0.838. The number of hydrogen-bond donors (Lipinski definition) is 1. The van der Waals surface area contributed by atoms with Gasteiger partial charge in [-0.3, -0.25) is 0 Å². The molecule has 0 amide bonds. The summed E-state index contributed by atoms with van der Waals surface area (Å²) in [5, 5.41) is 0. The molecule has 0 saturated carbocycles. The summed E-state index contributed by atoms with van der Waals surface area (Å²) in [7, 11) is 0. The summed E-state index contributed by atoms with van der Waals surface area (Å²) >= 11 is 3.89. The molecule has 0 bridgehead atoms. The maximum atomic E-state index is 10.4. The maximum absolute atomic E-state index is 10.4. The van der Waals surface area contributed by atoms with Crippen LogP contribution in [0.3, 0.4) is 0 Å². The van der Waals surface area contributed by atoms with E-state index in [1.165, 1.54) is 0 Å². The number of ether oxygens (including phenoxy) is 1. The summed E-state index contributed by atoms with van der Waals surface area (Å²) in [6, 6.07) is 0. The van der Waals surface area contributed by atoms with E-state index in [9.17, 15) is 4.79 Å². The molecule has 0 aliphatic carbocycles. The average molecular weight is 130 g/mol. The van der Waals surface area contributed by atoms with Crippen molar-refractivity contribution in [2.45, 2.75) is 12.4 Å². The van der Waals surface area contributed by atoms with Crippen molar-refractivity contribution in [3.63, 3.8) is 0 Å². The predicted octanol–water partition coefficient (Wildman–Crippen LogP) is 0.745. The average Bonchev–Trinajstić information content (AvgIpc) is 1.85. The van der Waals surface area contributed by atoms with E-state index in [-0.39, 0.29) is 11.4 Å². The third-order valence-corrected chi connectivity index (χ3v) is 1.20. The zero-order valence-corrected chi connectivity index (χ0v) is 5.31. The SMILES string of the molecule is CC1=CC(S)OC1=O. The minimum absolute atomic E-state index is 0.259. The summed E-state index contributed by atoms with van der Waals surface area (Å²) < 4.78 is 4.61. The molecule has 3 heteroatoms. The normalized spacial score (nSPS) is 27.5. The van der Waals surface area contributed by atoms with Gasteiger partial charge in [-0.15, -0.1) is 12.6 Å². The summed E-state index contributed by atoms with van der Waals surface area (Å²) in [6.07, 6.45) is 1.67. The standard InChI is InChI=1S/C5H6O2S/c1-3-2-4(8)7-5(3)6/h2,4,8H,1H3. The summed E-state index contributed by atoms with van der Waals surface area (Å²) in [5.74, 6) is -0.259. The van der Waals surface area contributed by atoms with Crippen molar-refractivity contribution in [3.8, 4) is 0 Å². The maximum Gasteiger partial charge on any atom is 0.334 e. The van der Waals surface area contributed by atoms with Crippen LogP contribution in [0.2, 0.25) is 0 Å². The Morgan fingerprint density at radius 1 is 1.88 bits per heavy atom. The first-order valence-electron chi connectivity index (χ1n) is 2.27. The number of thiol groups is 1. The second kappa shape index (κ2) is 1.82. The summed E-state index contributed by atoms with van der Waals surface area (Å²) in [4.78, 5) is 10.4. The van der Waals surface area contributed by atoms with Crippen molar-refractivity contribution in [3.05, 3.63) is 11.6 Å². The molecule has 1 heterocycles. The van der Waals surface area contributed by atoms with Crippen molar-refractivity contribution in [2.24, 2.45) is 0 Å². The summed E-state index contributed by atoms with van der Waals surface area (Å²) in [5.41, 5.74) is 0.326. The van der Waals surface area contributed by atoms with Crippen LogP contribution >= 0.6 is 12.6 Å². The summed E-state index contributed by atoms with van der Waals surface area (Å²) in [6.45, 7) is 1.71. The first-order chi connectivity index (χ1) is 3.70. The predicted molar refractivity (Wildman–Crippen MR) is 32.6 cm³/mol. The van der Waals surface area contributed by atoms with Gasteiger partial charge in [0.05, 0.1) is 0 Å². The van der Waals surface area contributed by atoms with Gasteiger partial charge < -0.3 is 4.74 Å². The molecule has 2 nitrogen and oxygen atoms in total. The molecular weight excluding hydrogens is 124 g/mol. The van der Waals surface area contributed by atoms with Crippen LogP contribution in [0, 0.1) is 0 Å². The van der Waals surface area contributed by atoms with Gasteiger partial charge >= 0.3 is 5.97 Å². The van der Waals surface area contributed by atoms with E-state index in [1.807, 2.05) is 0 Å². The van der Waals surface area contributed by atoms with E-state index in [0.717, 1.165) is 0 Å². The van der Waals surface area contributed by atoms with Gasteiger partial charge in [0.2, 0.25) is 0 Å². The highest BCUT2D eigenvalue weighted by molar-refractivity contribution is 7.81. The Labute approximate surface area is 52.9 Å². The Bertz CT molecular complexity index is 151. The number of carbonyl (C=O) groups excluding carboxylic acids is 1. The van der Waals surface area contributed by atoms with Gasteiger partial charge in [-0.25, -0.2) is 4.79 Å². The Morgan fingerprint density at radius 3 is 2.62 bits per heavy atom. The number of hydrogen-bond acceptors (Lipinski definition) is 3. The van der Waals surface area contributed by atoms with Gasteiger partial charge in [0.1, 0.15) is 0 Å². The Balaban J connectivity index is 2.73. The molecule has 8 heavy (non-hydrogen) atoms. The smallest absolute Gasteiger partial charge is 0.334 e. The van der Waals surface area contributed by atoms with Gasteiger partial charge in [-0.2, -0.15) is 0 Å². The van der Waals surface area contributed by atoms with Crippen LogP contribution in [0.5, 0.6) is 0 Å². The third kappa shape index (κ3) is 0.865. The highest BCUT2D eigenvalue weighted by atomic mass is 32.1. The van der Waals surface area contributed by atoms with Gasteiger partial charge in [-0.05, 0) is 13.0 Å². The van der Waals surface area contributed by atoms with Crippen LogP contribution in [-0.2, 0) is 9.53 Å². The number of rotatable bonds is 0. The molecule has 0 saturated heterocycles. The molecule has 1 aliphatic rings. The van der Waals surface area contributed by atoms with E-state index < -0.39 is 0 Å². The van der Waals surface area contributed by atoms with E-state index in [2.05, 4.69) is 17.4 Å². The van der Waals surface area contributed by atoms with Crippen molar-refractivity contribution >= 4 is 18.6 Å². The van der Waals surface area contributed by atoms with Crippen molar-refractivity contribution < 1.29 is 9.53 Å². The topological polar surface area (TPSA) is 26.3 Å². The highest BCUT2D eigenvalue weighted by Crippen LogP contribution is 2.14. The fourth-order valence-electron chi connectivity index (χ4n) is 0.519. The molecule has 1 rings (SSSR count). The molecular formula is C5H6O2S. The van der Waals surface area contributed by atoms with E-state index >= 15 is 0 Å². The monoisotopic (exact) mass is 130 g/mol. The van der Waals surface area contributed by atoms with E-state index in [1.54, 1.807) is 13.0 Å². The largest absolute Gasteiger partial charge is 0.444 e. The fraction of sp³-hybridized carbons (Fsp3) is 0.400. The minimum atomic E-state index is -0.317. The molecule has 0 aromatic heterocycles. The molecule has 0 radical (unpaired) electrons. The molecule has 1 unspecified atom stereocenters. The molecule has 0 fully saturated rings. The van der Waals surface area contributed by atoms with Crippen LogP contribution in [0.4, 0.5) is 0 Å². The van der Waals surface area contributed by atoms with Gasteiger partial charge in [0, 0.05) is 5.57 Å². The third-order valence-electron chi connectivity index (χ3n) is 0.942. The second-order valence-electron chi connectivity index (χ2n) is 1.65. The number of cyclic esters (lactones) is 1. The van der Waals surface area contributed by atoms with Crippen LogP contribution in [0.1, 0.15) is 6.92 Å². The molecule has 1 atom stereocenters. The Kier molecular flexibility index (Phi) is 1.29. The first-order valence-corrected chi connectivity index (χ1v) is 2.79. The Morgan fingerprint density at radius 2 is 2.50 bits per heavy atom. The highest BCUT2D eigenvalue weighted by Gasteiger charge is 2.17. The molecule has 0 N–H and O–H groups in total. The number of carbonyl (C=O) groups is 1. The number of esters is 1. The van der Waals surface area contributed by atoms with E-state index in [4.69, 9.17) is 0 Å². The van der Waals surface area contributed by atoms with Crippen LogP contribution in [0.15, 0.2) is 11.6 Å². The lowest BCUT2D eigenvalue weighted by Gasteiger charge is -1.95. The minimum Gasteiger partial charge on any atom is -0.444 e. The van der Waals surface area contributed by atoms with Crippen molar-refractivity contribution in [1.82, 2.24) is 0 Å². The lowest BCUT2D eigenvalue weighted by Crippen LogP contribution is -2.00. The van der Waals surface area contributed by atoms with Gasteiger partial charge in [0.25, 0.3) is 0 Å². The van der Waals surface area contributed by atoms with E-state index in [0.29, 0.717) is 5.57 Å². The molecule has 0 aromatic rings. The molecule has 0 spiro atoms. The van der Waals surface area contributed by atoms with Crippen LogP contribution < -0.4 is 0 Å². The lowest BCUT2D eigenvalue weighted by atomic mass is 10.3. The zero-order valence-electron chi connectivity index (χ0n) is 4.42. The van der Waals surface area contributed by atoms with Crippen LogP contribution in [0.25, 0.3) is 0 Å². The van der Waals surface area contributed by atoms with Crippen molar-refractivity contribution in [1.29, 1.82) is 0 Å². The lowest BCUT2D eigenvalue weighted by molar-refractivity contribution is -0.136. The quantitative estimate of drug-likeness (QED) is 0.387. The molecule has 1 aliphatic heterocycles. The zero-order chi connectivity index (χ0) is 6.15. The Hall–Kier alpha value is -0.440. The molecule has 44 valence electrons. The molecule has 0 aromatic carbocycles. The van der Waals surface area contributed by atoms with Crippen LogP contribution in [-0.4, -0.2) is 11.4 Å². The second-order valence-corrected chi connectivity index (χ2v) is 2.15. The van der Waals surface area contributed by atoms with Gasteiger partial charge in [-0.1, -0.05) is 0 Å². The first kappa shape index (κ1) is 5.69.